The van der Waals surface area contributed by atoms with E-state index in [0.29, 0.717) is 17.0 Å². The second kappa shape index (κ2) is 5.65. The minimum absolute atomic E-state index is 0.162. The Bertz CT molecular complexity index is 621. The molecular formula is C16H18N2O2. The van der Waals surface area contributed by atoms with E-state index in [0.717, 1.165) is 11.3 Å². The summed E-state index contributed by atoms with van der Waals surface area (Å²) in [5.74, 6) is 0.346. The van der Waals surface area contributed by atoms with Gasteiger partial charge < -0.3 is 15.4 Å². The van der Waals surface area contributed by atoms with E-state index in [2.05, 4.69) is 0 Å². The average molecular weight is 270 g/mol. The van der Waals surface area contributed by atoms with E-state index < -0.39 is 0 Å². The molecule has 0 aliphatic carbocycles. The fraction of sp³-hybridized carbons (Fsp3) is 0.188. The summed E-state index contributed by atoms with van der Waals surface area (Å²) in [5, 5.41) is 0. The summed E-state index contributed by atoms with van der Waals surface area (Å²) in [4.78, 5) is 14.1. The topological polar surface area (TPSA) is 55.6 Å². The van der Waals surface area contributed by atoms with Gasteiger partial charge in [-0.1, -0.05) is 23.8 Å². The van der Waals surface area contributed by atoms with Crippen LogP contribution in [0, 0.1) is 6.92 Å². The van der Waals surface area contributed by atoms with Crippen molar-refractivity contribution in [3.05, 3.63) is 53.6 Å². The number of hydrogen-bond donors (Lipinski definition) is 1. The van der Waals surface area contributed by atoms with Crippen LogP contribution in [0.15, 0.2) is 42.5 Å². The van der Waals surface area contributed by atoms with E-state index in [1.165, 1.54) is 7.11 Å². The number of nitrogen functional groups attached to an aromatic ring is 1. The van der Waals surface area contributed by atoms with E-state index in [-0.39, 0.29) is 5.91 Å². The molecule has 4 nitrogen and oxygen atoms in total. The van der Waals surface area contributed by atoms with Gasteiger partial charge in [0.15, 0.2) is 0 Å². The maximum Gasteiger partial charge on any atom is 0.260 e. The SMILES string of the molecule is COc1cccc(C(=O)N(C)c2ccc(C)cc2)c1N. The van der Waals surface area contributed by atoms with Crippen molar-refractivity contribution in [2.75, 3.05) is 24.8 Å². The molecule has 4 heteroatoms. The van der Waals surface area contributed by atoms with Crippen LogP contribution in [0.5, 0.6) is 5.75 Å². The van der Waals surface area contributed by atoms with Crippen LogP contribution in [0.2, 0.25) is 0 Å². The fourth-order valence-electron chi connectivity index (χ4n) is 1.97. The van der Waals surface area contributed by atoms with Gasteiger partial charge in [0, 0.05) is 12.7 Å². The second-order valence-corrected chi connectivity index (χ2v) is 4.62. The van der Waals surface area contributed by atoms with E-state index >= 15 is 0 Å². The van der Waals surface area contributed by atoms with Gasteiger partial charge in [0.1, 0.15) is 5.75 Å². The summed E-state index contributed by atoms with van der Waals surface area (Å²) in [6, 6.07) is 12.9. The first kappa shape index (κ1) is 13.9. The quantitative estimate of drug-likeness (QED) is 0.872. The molecule has 2 aromatic carbocycles. The first-order valence-electron chi connectivity index (χ1n) is 6.31. The Morgan fingerprint density at radius 2 is 1.80 bits per heavy atom. The van der Waals surface area contributed by atoms with Crippen molar-refractivity contribution in [3.63, 3.8) is 0 Å². The predicted molar refractivity (Wildman–Crippen MR) is 81.3 cm³/mol. The highest BCUT2D eigenvalue weighted by Gasteiger charge is 2.18. The molecule has 0 atom stereocenters. The van der Waals surface area contributed by atoms with Gasteiger partial charge in [0.25, 0.3) is 5.91 Å². The zero-order valence-corrected chi connectivity index (χ0v) is 11.9. The molecule has 2 N–H and O–H groups in total. The van der Waals surface area contributed by atoms with Gasteiger partial charge in [-0.25, -0.2) is 0 Å². The molecule has 0 fully saturated rings. The number of anilines is 2. The van der Waals surface area contributed by atoms with Crippen LogP contribution >= 0.6 is 0 Å². The molecule has 0 aliphatic rings. The first-order chi connectivity index (χ1) is 9.54. The number of rotatable bonds is 3. The maximum atomic E-state index is 12.5. The zero-order valence-electron chi connectivity index (χ0n) is 11.9. The first-order valence-corrected chi connectivity index (χ1v) is 6.31. The van der Waals surface area contributed by atoms with Gasteiger partial charge in [-0.3, -0.25) is 4.79 Å². The lowest BCUT2D eigenvalue weighted by Gasteiger charge is -2.19. The lowest BCUT2D eigenvalue weighted by Crippen LogP contribution is -2.27. The number of hydrogen-bond acceptors (Lipinski definition) is 3. The fourth-order valence-corrected chi connectivity index (χ4v) is 1.97. The molecule has 0 aromatic heterocycles. The smallest absolute Gasteiger partial charge is 0.260 e. The largest absolute Gasteiger partial charge is 0.495 e. The molecule has 0 bridgehead atoms. The Morgan fingerprint density at radius 1 is 1.15 bits per heavy atom. The minimum Gasteiger partial charge on any atom is -0.495 e. The predicted octanol–water partition coefficient (Wildman–Crippen LogP) is 2.86. The molecule has 104 valence electrons. The van der Waals surface area contributed by atoms with Gasteiger partial charge in [-0.05, 0) is 31.2 Å². The minimum atomic E-state index is -0.162. The lowest BCUT2D eigenvalue weighted by molar-refractivity contribution is 0.0993. The summed E-state index contributed by atoms with van der Waals surface area (Å²) in [7, 11) is 3.26. The van der Waals surface area contributed by atoms with Crippen molar-refractivity contribution in [1.82, 2.24) is 0 Å². The molecule has 2 aromatic rings. The molecule has 0 saturated carbocycles. The number of benzene rings is 2. The van der Waals surface area contributed by atoms with Gasteiger partial charge in [0.2, 0.25) is 0 Å². The van der Waals surface area contributed by atoms with E-state index in [1.807, 2.05) is 31.2 Å². The molecule has 2 rings (SSSR count). The Balaban J connectivity index is 2.34. The highest BCUT2D eigenvalue weighted by atomic mass is 16.5. The maximum absolute atomic E-state index is 12.5. The number of nitrogens with zero attached hydrogens (tertiary/aromatic N) is 1. The summed E-state index contributed by atoms with van der Waals surface area (Å²) in [6.45, 7) is 2.01. The Kier molecular flexibility index (Phi) is 3.94. The number of para-hydroxylation sites is 1. The summed E-state index contributed by atoms with van der Waals surface area (Å²) >= 11 is 0. The second-order valence-electron chi connectivity index (χ2n) is 4.62. The molecular weight excluding hydrogens is 252 g/mol. The number of amides is 1. The van der Waals surface area contributed by atoms with Crippen LogP contribution < -0.4 is 15.4 Å². The van der Waals surface area contributed by atoms with Crippen molar-refractivity contribution in [1.29, 1.82) is 0 Å². The molecule has 20 heavy (non-hydrogen) atoms. The molecule has 0 radical (unpaired) electrons. The van der Waals surface area contributed by atoms with Gasteiger partial charge in [0.05, 0.1) is 18.4 Å². The van der Waals surface area contributed by atoms with Crippen LogP contribution in [-0.2, 0) is 0 Å². The highest BCUT2D eigenvalue weighted by molar-refractivity contribution is 6.09. The number of carbonyl (C=O) groups is 1. The van der Waals surface area contributed by atoms with E-state index in [9.17, 15) is 4.79 Å². The third-order valence-electron chi connectivity index (χ3n) is 3.24. The molecule has 0 spiro atoms. The molecule has 1 amide bonds. The van der Waals surface area contributed by atoms with E-state index in [1.54, 1.807) is 30.1 Å². The summed E-state index contributed by atoms with van der Waals surface area (Å²) < 4.78 is 5.14. The Labute approximate surface area is 118 Å². The normalized spacial score (nSPS) is 10.2. The van der Waals surface area contributed by atoms with Crippen molar-refractivity contribution in [3.8, 4) is 5.75 Å². The number of nitrogens with two attached hydrogens (primary N) is 1. The highest BCUT2D eigenvalue weighted by Crippen LogP contribution is 2.27. The van der Waals surface area contributed by atoms with Crippen molar-refractivity contribution < 1.29 is 9.53 Å². The number of ether oxygens (including phenoxy) is 1. The molecule has 0 heterocycles. The van der Waals surface area contributed by atoms with Crippen molar-refractivity contribution >= 4 is 17.3 Å². The van der Waals surface area contributed by atoms with Crippen molar-refractivity contribution in [2.45, 2.75) is 6.92 Å². The Hall–Kier alpha value is -2.49. The van der Waals surface area contributed by atoms with Crippen LogP contribution in [0.4, 0.5) is 11.4 Å². The summed E-state index contributed by atoms with van der Waals surface area (Å²) in [5.41, 5.74) is 8.73. The lowest BCUT2D eigenvalue weighted by atomic mass is 10.1. The Morgan fingerprint density at radius 3 is 2.40 bits per heavy atom. The summed E-state index contributed by atoms with van der Waals surface area (Å²) in [6.07, 6.45) is 0. The number of aryl methyl sites for hydroxylation is 1. The molecule has 0 unspecified atom stereocenters. The third kappa shape index (κ3) is 2.59. The monoisotopic (exact) mass is 270 g/mol. The van der Waals surface area contributed by atoms with E-state index in [4.69, 9.17) is 10.5 Å². The zero-order chi connectivity index (χ0) is 14.7. The van der Waals surface area contributed by atoms with Gasteiger partial charge in [-0.15, -0.1) is 0 Å². The number of carbonyl (C=O) groups excluding carboxylic acids is 1. The molecule has 0 saturated heterocycles. The van der Waals surface area contributed by atoms with Gasteiger partial charge >= 0.3 is 0 Å². The van der Waals surface area contributed by atoms with Crippen molar-refractivity contribution in [2.24, 2.45) is 0 Å². The van der Waals surface area contributed by atoms with Crippen LogP contribution in [0.25, 0.3) is 0 Å². The number of methoxy groups -OCH3 is 1. The third-order valence-corrected chi connectivity index (χ3v) is 3.24. The van der Waals surface area contributed by atoms with Crippen LogP contribution in [0.3, 0.4) is 0 Å². The van der Waals surface area contributed by atoms with Crippen LogP contribution in [0.1, 0.15) is 15.9 Å². The van der Waals surface area contributed by atoms with Crippen LogP contribution in [-0.4, -0.2) is 20.1 Å². The standard InChI is InChI=1S/C16H18N2O2/c1-11-7-9-12(10-8-11)18(2)16(19)13-5-4-6-14(20-3)15(13)17/h4-10H,17H2,1-3H3. The average Bonchev–Trinajstić information content (AvgIpc) is 2.47. The molecule has 0 aliphatic heterocycles. The van der Waals surface area contributed by atoms with Gasteiger partial charge in [-0.2, -0.15) is 0 Å².